The predicted octanol–water partition coefficient (Wildman–Crippen LogP) is 5.24. The maximum atomic E-state index is 13.3. The van der Waals surface area contributed by atoms with E-state index in [0.717, 1.165) is 11.9 Å². The molecule has 162 valence electrons. The second kappa shape index (κ2) is 7.45. The fourth-order valence-corrected chi connectivity index (χ4v) is 4.95. The first kappa shape index (κ1) is 21.5. The van der Waals surface area contributed by atoms with E-state index in [0.29, 0.717) is 32.4 Å². The van der Waals surface area contributed by atoms with Crippen molar-refractivity contribution >= 4 is 29.1 Å². The van der Waals surface area contributed by atoms with Crippen molar-refractivity contribution in [1.82, 2.24) is 14.5 Å². The van der Waals surface area contributed by atoms with Crippen LogP contribution in [0.1, 0.15) is 49.1 Å². The lowest BCUT2D eigenvalue weighted by Crippen LogP contribution is -2.43. The van der Waals surface area contributed by atoms with Gasteiger partial charge in [0.2, 0.25) is 5.91 Å². The number of likely N-dealkylation sites (tertiary alicyclic amines) is 1. The highest BCUT2D eigenvalue weighted by molar-refractivity contribution is 6.53. The van der Waals surface area contributed by atoms with Gasteiger partial charge >= 0.3 is 6.18 Å². The molecule has 1 aromatic heterocycles. The SMILES string of the molecule is CC1(C(=O)N2CCC(c3nccn3Cc3ccccc3C(F)(F)F)CC2)CC1(Cl)Cl. The smallest absolute Gasteiger partial charge is 0.342 e. The Kier molecular flexibility index (Phi) is 5.34. The van der Waals surface area contributed by atoms with E-state index in [2.05, 4.69) is 4.98 Å². The molecule has 2 aromatic rings. The third-order valence-corrected chi connectivity index (χ3v) is 7.39. The molecule has 1 unspecified atom stereocenters. The quantitative estimate of drug-likeness (QED) is 0.586. The van der Waals surface area contributed by atoms with E-state index >= 15 is 0 Å². The second-order valence-corrected chi connectivity index (χ2v) is 9.83. The molecule has 1 aliphatic carbocycles. The van der Waals surface area contributed by atoms with Gasteiger partial charge in [-0.2, -0.15) is 13.2 Å². The van der Waals surface area contributed by atoms with Gasteiger partial charge in [-0.1, -0.05) is 18.2 Å². The molecule has 0 N–H and O–H groups in total. The van der Waals surface area contributed by atoms with Crippen LogP contribution in [-0.4, -0.2) is 37.8 Å². The Hall–Kier alpha value is -1.73. The summed E-state index contributed by atoms with van der Waals surface area (Å²) in [6.07, 6.45) is 0.756. The summed E-state index contributed by atoms with van der Waals surface area (Å²) in [4.78, 5) is 19.0. The fraction of sp³-hybridized carbons (Fsp3) is 0.524. The van der Waals surface area contributed by atoms with Crippen LogP contribution in [0.15, 0.2) is 36.7 Å². The first-order chi connectivity index (χ1) is 14.0. The number of carbonyl (C=O) groups excluding carboxylic acids is 1. The van der Waals surface area contributed by atoms with Crippen LogP contribution in [-0.2, 0) is 17.5 Å². The van der Waals surface area contributed by atoms with E-state index in [1.807, 2.05) is 0 Å². The number of alkyl halides is 5. The Morgan fingerprint density at radius 1 is 1.23 bits per heavy atom. The van der Waals surface area contributed by atoms with E-state index in [1.54, 1.807) is 34.9 Å². The molecule has 0 bridgehead atoms. The predicted molar refractivity (Wildman–Crippen MR) is 108 cm³/mol. The van der Waals surface area contributed by atoms with Crippen LogP contribution in [0, 0.1) is 5.41 Å². The Bertz CT molecular complexity index is 951. The number of nitrogens with zero attached hydrogens (tertiary/aromatic N) is 3. The summed E-state index contributed by atoms with van der Waals surface area (Å²) < 4.78 is 40.8. The van der Waals surface area contributed by atoms with Gasteiger partial charge < -0.3 is 9.47 Å². The summed E-state index contributed by atoms with van der Waals surface area (Å²) in [5, 5.41) is 0. The number of halogens is 5. The molecule has 1 aromatic carbocycles. The first-order valence-electron chi connectivity index (χ1n) is 9.86. The molecule has 1 saturated carbocycles. The van der Waals surface area contributed by atoms with Crippen molar-refractivity contribution in [3.63, 3.8) is 0 Å². The molecule has 1 aliphatic heterocycles. The molecule has 0 spiro atoms. The Balaban J connectivity index is 1.45. The van der Waals surface area contributed by atoms with Gasteiger partial charge in [0, 0.05) is 37.9 Å². The molecule has 2 fully saturated rings. The molecule has 9 heteroatoms. The van der Waals surface area contributed by atoms with E-state index in [9.17, 15) is 18.0 Å². The molecule has 4 rings (SSSR count). The third kappa shape index (κ3) is 3.82. The summed E-state index contributed by atoms with van der Waals surface area (Å²) >= 11 is 12.3. The first-order valence-corrected chi connectivity index (χ1v) is 10.6. The number of hydrogen-bond donors (Lipinski definition) is 0. The van der Waals surface area contributed by atoms with Crippen LogP contribution in [0.2, 0.25) is 0 Å². The van der Waals surface area contributed by atoms with Gasteiger partial charge in [0.1, 0.15) is 10.2 Å². The summed E-state index contributed by atoms with van der Waals surface area (Å²) in [5.41, 5.74) is -1.16. The molecular formula is C21H22Cl2F3N3O. The lowest BCUT2D eigenvalue weighted by Gasteiger charge is -2.34. The standard InChI is InChI=1S/C21H22Cl2F3N3O/c1-19(13-20(19,22)23)18(30)28-9-6-14(7-10-28)17-27-8-11-29(17)12-15-4-2-3-5-16(15)21(24,25)26/h2-5,8,11,14H,6-7,9-10,12-13H2,1H3. The van der Waals surface area contributed by atoms with Gasteiger partial charge in [0.15, 0.2) is 0 Å². The topological polar surface area (TPSA) is 38.1 Å². The van der Waals surface area contributed by atoms with Gasteiger partial charge in [0.25, 0.3) is 0 Å². The van der Waals surface area contributed by atoms with Gasteiger partial charge in [-0.25, -0.2) is 4.98 Å². The van der Waals surface area contributed by atoms with E-state index in [-0.39, 0.29) is 23.9 Å². The number of hydrogen-bond acceptors (Lipinski definition) is 2. The van der Waals surface area contributed by atoms with Crippen LogP contribution in [0.25, 0.3) is 0 Å². The van der Waals surface area contributed by atoms with Crippen LogP contribution in [0.4, 0.5) is 13.2 Å². The number of carbonyl (C=O) groups is 1. The summed E-state index contributed by atoms with van der Waals surface area (Å²) in [6.45, 7) is 2.99. The number of benzene rings is 1. The minimum atomic E-state index is -4.40. The highest BCUT2D eigenvalue weighted by Gasteiger charge is 2.68. The van der Waals surface area contributed by atoms with Crippen LogP contribution < -0.4 is 0 Å². The minimum Gasteiger partial charge on any atom is -0.342 e. The minimum absolute atomic E-state index is 0.0339. The number of aromatic nitrogens is 2. The largest absolute Gasteiger partial charge is 0.416 e. The molecule has 0 radical (unpaired) electrons. The lowest BCUT2D eigenvalue weighted by molar-refractivity contribution is -0.138. The average molecular weight is 460 g/mol. The van der Waals surface area contributed by atoms with Crippen LogP contribution in [0.5, 0.6) is 0 Å². The zero-order valence-electron chi connectivity index (χ0n) is 16.4. The lowest BCUT2D eigenvalue weighted by atomic mass is 9.94. The molecule has 4 nitrogen and oxygen atoms in total. The van der Waals surface area contributed by atoms with Crippen molar-refractivity contribution in [2.75, 3.05) is 13.1 Å². The second-order valence-electron chi connectivity index (χ2n) is 8.35. The maximum Gasteiger partial charge on any atom is 0.416 e. The summed E-state index contributed by atoms with van der Waals surface area (Å²) in [6, 6.07) is 5.60. The zero-order valence-corrected chi connectivity index (χ0v) is 17.9. The monoisotopic (exact) mass is 459 g/mol. The fourth-order valence-electron chi connectivity index (χ4n) is 4.25. The molecule has 1 saturated heterocycles. The van der Waals surface area contributed by atoms with Gasteiger partial charge in [0.05, 0.1) is 11.0 Å². The molecule has 2 aliphatic rings. The van der Waals surface area contributed by atoms with Crippen LogP contribution >= 0.6 is 23.2 Å². The Morgan fingerprint density at radius 3 is 2.47 bits per heavy atom. The van der Waals surface area contributed by atoms with Crippen molar-refractivity contribution in [1.29, 1.82) is 0 Å². The van der Waals surface area contributed by atoms with Crippen molar-refractivity contribution in [2.24, 2.45) is 5.41 Å². The van der Waals surface area contributed by atoms with Crippen molar-refractivity contribution in [2.45, 2.75) is 49.2 Å². The summed E-state index contributed by atoms with van der Waals surface area (Å²) in [7, 11) is 0. The van der Waals surface area contributed by atoms with E-state index in [4.69, 9.17) is 23.2 Å². The van der Waals surface area contributed by atoms with Crippen molar-refractivity contribution < 1.29 is 18.0 Å². The number of rotatable bonds is 4. The third-order valence-electron chi connectivity index (χ3n) is 6.29. The van der Waals surface area contributed by atoms with Crippen molar-refractivity contribution in [3.8, 4) is 0 Å². The average Bonchev–Trinajstić information content (AvgIpc) is 3.01. The number of amides is 1. The molecular weight excluding hydrogens is 438 g/mol. The molecule has 30 heavy (non-hydrogen) atoms. The normalized spacial score (nSPS) is 24.1. The Labute approximate surface area is 183 Å². The molecule has 1 amide bonds. The highest BCUT2D eigenvalue weighted by Crippen LogP contribution is 2.64. The van der Waals surface area contributed by atoms with Crippen LogP contribution in [0.3, 0.4) is 0 Å². The van der Waals surface area contributed by atoms with Gasteiger partial charge in [-0.3, -0.25) is 4.79 Å². The van der Waals surface area contributed by atoms with E-state index in [1.165, 1.54) is 12.1 Å². The van der Waals surface area contributed by atoms with Gasteiger partial charge in [-0.05, 0) is 37.8 Å². The number of piperidine rings is 1. The Morgan fingerprint density at radius 2 is 1.87 bits per heavy atom. The number of imidazole rings is 1. The highest BCUT2D eigenvalue weighted by atomic mass is 35.5. The van der Waals surface area contributed by atoms with E-state index < -0.39 is 21.5 Å². The van der Waals surface area contributed by atoms with Gasteiger partial charge in [-0.15, -0.1) is 23.2 Å². The molecule has 2 heterocycles. The maximum absolute atomic E-state index is 13.3. The molecule has 1 atom stereocenters. The zero-order chi connectivity index (χ0) is 21.7. The van der Waals surface area contributed by atoms with Crippen molar-refractivity contribution in [3.05, 3.63) is 53.6 Å². The summed E-state index contributed by atoms with van der Waals surface area (Å²) in [5.74, 6) is 0.792.